The largest absolute Gasteiger partial charge is 0.458 e. The zero-order valence-electron chi connectivity index (χ0n) is 21.9. The second kappa shape index (κ2) is 12.9. The van der Waals surface area contributed by atoms with E-state index in [9.17, 15) is 9.59 Å². The minimum atomic E-state index is -0.738. The molecule has 0 radical (unpaired) electrons. The van der Waals surface area contributed by atoms with Crippen molar-refractivity contribution in [3.8, 4) is 0 Å². The summed E-state index contributed by atoms with van der Waals surface area (Å²) in [7, 11) is 1.51. The van der Waals surface area contributed by atoms with Crippen LogP contribution >= 0.6 is 0 Å². The molecule has 0 aromatic carbocycles. The molecule has 1 amide bonds. The van der Waals surface area contributed by atoms with Gasteiger partial charge >= 0.3 is 12.1 Å². The molecule has 1 aliphatic carbocycles. The number of methoxy groups -OCH3 is 1. The first-order valence-corrected chi connectivity index (χ1v) is 12.9. The van der Waals surface area contributed by atoms with Crippen molar-refractivity contribution in [2.45, 2.75) is 129 Å². The van der Waals surface area contributed by atoms with E-state index in [2.05, 4.69) is 13.8 Å². The summed E-state index contributed by atoms with van der Waals surface area (Å²) in [6, 6.07) is -0.738. The molecule has 2 rings (SSSR count). The highest BCUT2D eigenvalue weighted by atomic mass is 16.6. The zero-order valence-corrected chi connectivity index (χ0v) is 21.9. The number of esters is 1. The molecule has 1 saturated carbocycles. The molecule has 192 valence electrons. The number of nitrogens with zero attached hydrogens (tertiary/aromatic N) is 1. The fraction of sp³-hybridized carbons (Fsp3) is 0.923. The number of rotatable bonds is 8. The molecule has 7 heteroatoms. The van der Waals surface area contributed by atoms with E-state index >= 15 is 0 Å². The lowest BCUT2D eigenvalue weighted by atomic mass is 9.86. The van der Waals surface area contributed by atoms with E-state index in [-0.39, 0.29) is 25.0 Å². The third kappa shape index (κ3) is 9.08. The highest BCUT2D eigenvalue weighted by molar-refractivity contribution is 5.81. The molecule has 2 fully saturated rings. The topological polar surface area (TPSA) is 74.3 Å². The van der Waals surface area contributed by atoms with Gasteiger partial charge in [-0.15, -0.1) is 0 Å². The molecule has 0 aromatic rings. The number of hydrogen-bond donors (Lipinski definition) is 0. The van der Waals surface area contributed by atoms with Gasteiger partial charge in [-0.1, -0.05) is 39.5 Å². The predicted molar refractivity (Wildman–Crippen MR) is 128 cm³/mol. The van der Waals surface area contributed by atoms with Crippen LogP contribution in [0.25, 0.3) is 0 Å². The molecule has 0 bridgehead atoms. The van der Waals surface area contributed by atoms with Gasteiger partial charge in [0.2, 0.25) is 0 Å². The third-order valence-corrected chi connectivity index (χ3v) is 6.59. The van der Waals surface area contributed by atoms with E-state index in [1.54, 1.807) is 0 Å². The van der Waals surface area contributed by atoms with Gasteiger partial charge in [0.1, 0.15) is 24.5 Å². The first kappa shape index (κ1) is 27.9. The van der Waals surface area contributed by atoms with Gasteiger partial charge in [0.25, 0.3) is 0 Å². The van der Waals surface area contributed by atoms with Crippen molar-refractivity contribution < 1.29 is 28.5 Å². The standard InChI is InChI=1S/C26H47NO6/c1-18(2)15-16-20-11-10-14-22(27(17-30-7)25(29)33-26(4,5)6)24(28)31-19(3)23(20)32-21-12-8-9-13-21/h18-23H,8-17H2,1-7H3/t19-,20+,22-,23-/m0/s1. The smallest absolute Gasteiger partial charge is 0.412 e. The van der Waals surface area contributed by atoms with Crippen molar-refractivity contribution in [3.05, 3.63) is 0 Å². The first-order valence-electron chi connectivity index (χ1n) is 12.9. The number of carbonyl (C=O) groups excluding carboxylic acids is 2. The van der Waals surface area contributed by atoms with Crippen LogP contribution in [-0.2, 0) is 23.7 Å². The van der Waals surface area contributed by atoms with E-state index < -0.39 is 23.7 Å². The Kier molecular flexibility index (Phi) is 10.9. The predicted octanol–water partition coefficient (Wildman–Crippen LogP) is 5.69. The van der Waals surface area contributed by atoms with E-state index in [0.717, 1.165) is 38.5 Å². The van der Waals surface area contributed by atoms with Crippen molar-refractivity contribution in [2.24, 2.45) is 11.8 Å². The molecule has 33 heavy (non-hydrogen) atoms. The fourth-order valence-corrected chi connectivity index (χ4v) is 4.90. The summed E-state index contributed by atoms with van der Waals surface area (Å²) < 4.78 is 23.4. The molecule has 1 aliphatic heterocycles. The molecular formula is C26H47NO6. The van der Waals surface area contributed by atoms with Gasteiger partial charge < -0.3 is 18.9 Å². The van der Waals surface area contributed by atoms with Crippen molar-refractivity contribution >= 4 is 12.1 Å². The van der Waals surface area contributed by atoms with Gasteiger partial charge in [0.05, 0.1) is 12.2 Å². The normalized spacial score (nSPS) is 27.6. The molecule has 7 nitrogen and oxygen atoms in total. The Balaban J connectivity index is 2.22. The van der Waals surface area contributed by atoms with Crippen LogP contribution in [-0.4, -0.2) is 60.8 Å². The second-order valence-electron chi connectivity index (χ2n) is 11.2. The molecule has 2 aliphatic rings. The summed E-state index contributed by atoms with van der Waals surface area (Å²) in [5.41, 5.74) is -0.666. The number of carbonyl (C=O) groups is 2. The van der Waals surface area contributed by atoms with Crippen LogP contribution in [0.4, 0.5) is 4.79 Å². The average molecular weight is 470 g/mol. The fourth-order valence-electron chi connectivity index (χ4n) is 4.90. The number of cyclic esters (lactones) is 1. The Morgan fingerprint density at radius 3 is 2.36 bits per heavy atom. The molecule has 0 N–H and O–H groups in total. The number of ether oxygens (including phenoxy) is 4. The van der Waals surface area contributed by atoms with Crippen molar-refractivity contribution in [2.75, 3.05) is 13.8 Å². The number of amides is 1. The summed E-state index contributed by atoms with van der Waals surface area (Å²) >= 11 is 0. The molecule has 0 aromatic heterocycles. The van der Waals surface area contributed by atoms with Gasteiger partial charge in [-0.3, -0.25) is 4.90 Å². The highest BCUT2D eigenvalue weighted by Crippen LogP contribution is 2.33. The van der Waals surface area contributed by atoms with Crippen molar-refractivity contribution in [3.63, 3.8) is 0 Å². The van der Waals surface area contributed by atoms with Crippen LogP contribution in [0.15, 0.2) is 0 Å². The summed E-state index contributed by atoms with van der Waals surface area (Å²) in [5, 5.41) is 0. The van der Waals surface area contributed by atoms with Crippen LogP contribution in [0, 0.1) is 11.8 Å². The minimum absolute atomic E-state index is 0.0260. The molecule has 0 spiro atoms. The zero-order chi connectivity index (χ0) is 24.6. The lowest BCUT2D eigenvalue weighted by Crippen LogP contribution is -2.49. The lowest BCUT2D eigenvalue weighted by Gasteiger charge is -2.34. The maximum Gasteiger partial charge on any atom is 0.412 e. The van der Waals surface area contributed by atoms with Crippen LogP contribution < -0.4 is 0 Å². The van der Waals surface area contributed by atoms with Crippen LogP contribution in [0.2, 0.25) is 0 Å². The van der Waals surface area contributed by atoms with E-state index in [1.807, 2.05) is 27.7 Å². The molecule has 0 unspecified atom stereocenters. The van der Waals surface area contributed by atoms with Gasteiger partial charge in [0, 0.05) is 7.11 Å². The van der Waals surface area contributed by atoms with Gasteiger partial charge in [-0.05, 0) is 71.6 Å². The monoisotopic (exact) mass is 469 g/mol. The minimum Gasteiger partial charge on any atom is -0.458 e. The van der Waals surface area contributed by atoms with E-state index in [0.29, 0.717) is 18.3 Å². The van der Waals surface area contributed by atoms with Crippen LogP contribution in [0.5, 0.6) is 0 Å². The third-order valence-electron chi connectivity index (χ3n) is 6.59. The van der Waals surface area contributed by atoms with Gasteiger partial charge in [0.15, 0.2) is 0 Å². The maximum atomic E-state index is 13.3. The lowest BCUT2D eigenvalue weighted by molar-refractivity contribution is -0.170. The second-order valence-corrected chi connectivity index (χ2v) is 11.2. The van der Waals surface area contributed by atoms with E-state index in [4.69, 9.17) is 18.9 Å². The average Bonchev–Trinajstić information content (AvgIpc) is 3.22. The Hall–Kier alpha value is -1.34. The SMILES string of the molecule is COCN(C(=O)OC(C)(C)C)[C@H]1CCC[C@H](CCC(C)C)[C@@H](OC2CCCC2)[C@H](C)OC1=O. The molecule has 1 heterocycles. The highest BCUT2D eigenvalue weighted by Gasteiger charge is 2.40. The Morgan fingerprint density at radius 1 is 1.12 bits per heavy atom. The Bertz CT molecular complexity index is 610. The summed E-state index contributed by atoms with van der Waals surface area (Å²) in [5.74, 6) is 0.529. The van der Waals surface area contributed by atoms with Gasteiger partial charge in [-0.25, -0.2) is 9.59 Å². The quantitative estimate of drug-likeness (QED) is 0.336. The summed E-state index contributed by atoms with van der Waals surface area (Å²) in [6.07, 6.45) is 8.19. The molecular weight excluding hydrogens is 422 g/mol. The van der Waals surface area contributed by atoms with E-state index in [1.165, 1.54) is 24.9 Å². The Labute approximate surface area is 200 Å². The summed E-state index contributed by atoms with van der Waals surface area (Å²) in [4.78, 5) is 27.5. The van der Waals surface area contributed by atoms with Crippen LogP contribution in [0.1, 0.15) is 99.3 Å². The van der Waals surface area contributed by atoms with Crippen LogP contribution in [0.3, 0.4) is 0 Å². The summed E-state index contributed by atoms with van der Waals surface area (Å²) in [6.45, 7) is 11.8. The maximum absolute atomic E-state index is 13.3. The molecule has 4 atom stereocenters. The van der Waals surface area contributed by atoms with Crippen molar-refractivity contribution in [1.82, 2.24) is 4.90 Å². The first-order chi connectivity index (χ1) is 15.5. The van der Waals surface area contributed by atoms with Crippen molar-refractivity contribution in [1.29, 1.82) is 0 Å². The Morgan fingerprint density at radius 2 is 1.79 bits per heavy atom. The number of hydrogen-bond acceptors (Lipinski definition) is 6. The molecule has 1 saturated heterocycles. The van der Waals surface area contributed by atoms with Gasteiger partial charge in [-0.2, -0.15) is 0 Å².